The topological polar surface area (TPSA) is 102 Å². The molecule has 0 saturated carbocycles. The maximum absolute atomic E-state index is 9.52. The van der Waals surface area contributed by atoms with Crippen molar-refractivity contribution in [2.24, 2.45) is 4.99 Å². The van der Waals surface area contributed by atoms with E-state index in [2.05, 4.69) is 36.5 Å². The van der Waals surface area contributed by atoms with Gasteiger partial charge < -0.3 is 15.0 Å². The molecule has 1 aromatic carbocycles. The fraction of sp³-hybridized carbons (Fsp3) is 0.200. The van der Waals surface area contributed by atoms with Gasteiger partial charge in [0.2, 0.25) is 0 Å². The SMILES string of the molecule is N#Cc1c(N=Cc2ccc(N3CCOCC3)nc2)n[nH]c1Nc1cccc(Cl)c1. The number of morpholine rings is 1. The van der Waals surface area contributed by atoms with Crippen molar-refractivity contribution in [3.8, 4) is 6.07 Å². The Morgan fingerprint density at radius 1 is 1.28 bits per heavy atom. The second-order valence-electron chi connectivity index (χ2n) is 6.35. The van der Waals surface area contributed by atoms with Gasteiger partial charge in [-0.1, -0.05) is 17.7 Å². The number of pyridine rings is 1. The normalized spacial score (nSPS) is 14.1. The van der Waals surface area contributed by atoms with Crippen LogP contribution < -0.4 is 10.2 Å². The highest BCUT2D eigenvalue weighted by Crippen LogP contribution is 2.26. The quantitative estimate of drug-likeness (QED) is 0.626. The van der Waals surface area contributed by atoms with Gasteiger partial charge in [0.05, 0.1) is 13.2 Å². The van der Waals surface area contributed by atoms with E-state index in [1.54, 1.807) is 24.5 Å². The first-order valence-electron chi connectivity index (χ1n) is 9.07. The van der Waals surface area contributed by atoms with Crippen LogP contribution in [-0.4, -0.2) is 47.7 Å². The van der Waals surface area contributed by atoms with E-state index in [-0.39, 0.29) is 0 Å². The molecule has 1 aliphatic rings. The number of nitrogens with zero attached hydrogens (tertiary/aromatic N) is 5. The molecular formula is C20H18ClN7O. The van der Waals surface area contributed by atoms with Crippen LogP contribution in [0, 0.1) is 11.3 Å². The van der Waals surface area contributed by atoms with E-state index in [1.807, 2.05) is 24.3 Å². The lowest BCUT2D eigenvalue weighted by Crippen LogP contribution is -2.36. The van der Waals surface area contributed by atoms with E-state index in [0.717, 1.165) is 30.2 Å². The highest BCUT2D eigenvalue weighted by atomic mass is 35.5. The number of nitriles is 1. The van der Waals surface area contributed by atoms with Crippen LogP contribution in [0.4, 0.5) is 23.1 Å². The lowest BCUT2D eigenvalue weighted by Gasteiger charge is -2.27. The first-order valence-corrected chi connectivity index (χ1v) is 9.44. The average molecular weight is 408 g/mol. The lowest BCUT2D eigenvalue weighted by atomic mass is 10.2. The molecular weight excluding hydrogens is 390 g/mol. The number of aromatic nitrogens is 3. The first-order chi connectivity index (χ1) is 14.2. The fourth-order valence-electron chi connectivity index (χ4n) is 2.92. The van der Waals surface area contributed by atoms with Crippen LogP contribution in [0.15, 0.2) is 47.6 Å². The van der Waals surface area contributed by atoms with Crippen molar-refractivity contribution in [1.82, 2.24) is 15.2 Å². The molecule has 146 valence electrons. The number of ether oxygens (including phenoxy) is 1. The van der Waals surface area contributed by atoms with Gasteiger partial charge in [0, 0.05) is 41.8 Å². The van der Waals surface area contributed by atoms with Crippen LogP contribution in [-0.2, 0) is 4.74 Å². The second kappa shape index (κ2) is 8.73. The minimum atomic E-state index is 0.300. The van der Waals surface area contributed by atoms with Crippen molar-refractivity contribution < 1.29 is 4.74 Å². The molecule has 0 radical (unpaired) electrons. The van der Waals surface area contributed by atoms with Crippen molar-refractivity contribution in [1.29, 1.82) is 5.26 Å². The van der Waals surface area contributed by atoms with Gasteiger partial charge in [0.1, 0.15) is 23.3 Å². The zero-order valence-corrected chi connectivity index (χ0v) is 16.2. The smallest absolute Gasteiger partial charge is 0.193 e. The Hall–Kier alpha value is -3.41. The number of benzene rings is 1. The van der Waals surface area contributed by atoms with Crippen molar-refractivity contribution >= 4 is 41.0 Å². The summed E-state index contributed by atoms with van der Waals surface area (Å²) >= 11 is 6.00. The van der Waals surface area contributed by atoms with Crippen LogP contribution in [0.3, 0.4) is 0 Å². The summed E-state index contributed by atoms with van der Waals surface area (Å²) in [5.74, 6) is 1.67. The number of hydrogen-bond donors (Lipinski definition) is 2. The average Bonchev–Trinajstić information content (AvgIpc) is 3.14. The van der Waals surface area contributed by atoms with Gasteiger partial charge in [-0.2, -0.15) is 10.4 Å². The first kappa shape index (κ1) is 18.9. The molecule has 0 aliphatic carbocycles. The maximum atomic E-state index is 9.52. The van der Waals surface area contributed by atoms with Gasteiger partial charge in [-0.05, 0) is 30.3 Å². The van der Waals surface area contributed by atoms with E-state index in [1.165, 1.54) is 0 Å². The third-order valence-corrected chi connectivity index (χ3v) is 4.63. The summed E-state index contributed by atoms with van der Waals surface area (Å²) in [4.78, 5) is 11.0. The Balaban J connectivity index is 1.48. The highest BCUT2D eigenvalue weighted by molar-refractivity contribution is 6.30. The minimum absolute atomic E-state index is 0.300. The number of rotatable bonds is 5. The third kappa shape index (κ3) is 4.54. The molecule has 1 saturated heterocycles. The van der Waals surface area contributed by atoms with E-state index < -0.39 is 0 Å². The zero-order chi connectivity index (χ0) is 20.1. The Kier molecular flexibility index (Phi) is 5.70. The molecule has 0 amide bonds. The van der Waals surface area contributed by atoms with Gasteiger partial charge in [-0.15, -0.1) is 0 Å². The van der Waals surface area contributed by atoms with Gasteiger partial charge in [-0.25, -0.2) is 9.98 Å². The lowest BCUT2D eigenvalue weighted by molar-refractivity contribution is 0.122. The molecule has 0 spiro atoms. The molecule has 2 aromatic heterocycles. The van der Waals surface area contributed by atoms with Crippen LogP contribution in [0.25, 0.3) is 0 Å². The standard InChI is InChI=1S/C20H18ClN7O/c21-15-2-1-3-16(10-15)25-20-17(11-22)19(26-27-20)24-13-14-4-5-18(23-12-14)28-6-8-29-9-7-28/h1-5,10,12-13H,6-9H2,(H2,25,26,27). The highest BCUT2D eigenvalue weighted by Gasteiger charge is 2.13. The summed E-state index contributed by atoms with van der Waals surface area (Å²) in [7, 11) is 0. The number of anilines is 3. The summed E-state index contributed by atoms with van der Waals surface area (Å²) in [6.07, 6.45) is 3.38. The van der Waals surface area contributed by atoms with E-state index >= 15 is 0 Å². The summed E-state index contributed by atoms with van der Waals surface area (Å²) in [5.41, 5.74) is 1.88. The molecule has 3 aromatic rings. The number of hydrogen-bond acceptors (Lipinski definition) is 7. The molecule has 2 N–H and O–H groups in total. The van der Waals surface area contributed by atoms with Gasteiger partial charge in [0.25, 0.3) is 0 Å². The molecule has 0 atom stereocenters. The number of nitrogens with one attached hydrogen (secondary N) is 2. The summed E-state index contributed by atoms with van der Waals surface area (Å²) in [6, 6.07) is 13.2. The summed E-state index contributed by atoms with van der Waals surface area (Å²) in [5, 5.41) is 20.2. The predicted octanol–water partition coefficient (Wildman–Crippen LogP) is 3.66. The molecule has 3 heterocycles. The second-order valence-corrected chi connectivity index (χ2v) is 6.79. The van der Waals surface area contributed by atoms with Crippen LogP contribution in [0.1, 0.15) is 11.1 Å². The molecule has 1 aliphatic heterocycles. The Bertz CT molecular complexity index is 1050. The van der Waals surface area contributed by atoms with Gasteiger partial charge >= 0.3 is 0 Å². The predicted molar refractivity (Wildman–Crippen MR) is 113 cm³/mol. The fourth-order valence-corrected chi connectivity index (χ4v) is 3.11. The number of H-pyrrole nitrogens is 1. The number of halogens is 1. The largest absolute Gasteiger partial charge is 0.378 e. The Morgan fingerprint density at radius 2 is 2.14 bits per heavy atom. The van der Waals surface area contributed by atoms with Gasteiger partial charge in [-0.3, -0.25) is 5.10 Å². The van der Waals surface area contributed by atoms with E-state index in [4.69, 9.17) is 16.3 Å². The number of aromatic amines is 1. The molecule has 0 bridgehead atoms. The van der Waals surface area contributed by atoms with Crippen LogP contribution in [0.2, 0.25) is 5.02 Å². The van der Waals surface area contributed by atoms with Crippen molar-refractivity contribution in [3.05, 3.63) is 58.7 Å². The van der Waals surface area contributed by atoms with Crippen LogP contribution in [0.5, 0.6) is 0 Å². The summed E-state index contributed by atoms with van der Waals surface area (Å²) < 4.78 is 5.36. The molecule has 4 rings (SSSR count). The molecule has 0 unspecified atom stereocenters. The van der Waals surface area contributed by atoms with E-state index in [9.17, 15) is 5.26 Å². The molecule has 9 heteroatoms. The molecule has 29 heavy (non-hydrogen) atoms. The maximum Gasteiger partial charge on any atom is 0.193 e. The third-order valence-electron chi connectivity index (χ3n) is 4.39. The van der Waals surface area contributed by atoms with Crippen LogP contribution >= 0.6 is 11.6 Å². The zero-order valence-electron chi connectivity index (χ0n) is 15.5. The minimum Gasteiger partial charge on any atom is -0.378 e. The van der Waals surface area contributed by atoms with E-state index in [0.29, 0.717) is 35.4 Å². The number of aliphatic imine (C=N–C) groups is 1. The Morgan fingerprint density at radius 3 is 2.86 bits per heavy atom. The Labute approximate surface area is 172 Å². The molecule has 8 nitrogen and oxygen atoms in total. The molecule has 1 fully saturated rings. The van der Waals surface area contributed by atoms with Crippen molar-refractivity contribution in [3.63, 3.8) is 0 Å². The van der Waals surface area contributed by atoms with Crippen molar-refractivity contribution in [2.75, 3.05) is 36.5 Å². The summed E-state index contributed by atoms with van der Waals surface area (Å²) in [6.45, 7) is 3.10. The monoisotopic (exact) mass is 407 g/mol. The van der Waals surface area contributed by atoms with Crippen molar-refractivity contribution in [2.45, 2.75) is 0 Å². The van der Waals surface area contributed by atoms with Gasteiger partial charge in [0.15, 0.2) is 5.82 Å².